The molecule has 0 fully saturated rings. The number of carbonyl (C=O) groups excluding carboxylic acids is 1. The molecule has 0 radical (unpaired) electrons. The van der Waals surface area contributed by atoms with Crippen molar-refractivity contribution in [3.8, 4) is 11.3 Å². The summed E-state index contributed by atoms with van der Waals surface area (Å²) in [7, 11) is 3.57. The van der Waals surface area contributed by atoms with Gasteiger partial charge in [-0.25, -0.2) is 0 Å². The van der Waals surface area contributed by atoms with E-state index in [0.717, 1.165) is 29.1 Å². The number of hydrogen-bond acceptors (Lipinski definition) is 1. The van der Waals surface area contributed by atoms with E-state index < -0.39 is 0 Å². The molecule has 1 amide bonds. The highest BCUT2D eigenvalue weighted by Crippen LogP contribution is 2.26. The topological polar surface area (TPSA) is 25.2 Å². The molecule has 3 nitrogen and oxygen atoms in total. The van der Waals surface area contributed by atoms with Gasteiger partial charge in [0, 0.05) is 32.0 Å². The smallest absolute Gasteiger partial charge is 0.255 e. The second-order valence-corrected chi connectivity index (χ2v) is 4.84. The van der Waals surface area contributed by atoms with Gasteiger partial charge in [-0.05, 0) is 25.5 Å². The molecule has 19 heavy (non-hydrogen) atoms. The van der Waals surface area contributed by atoms with E-state index in [1.807, 2.05) is 31.2 Å². The van der Waals surface area contributed by atoms with Crippen LogP contribution in [0.1, 0.15) is 23.0 Å². The molecule has 0 saturated heterocycles. The molecule has 0 unspecified atom stereocenters. The zero-order valence-electron chi connectivity index (χ0n) is 12.0. The molecule has 0 bridgehead atoms. The average Bonchev–Trinajstić information content (AvgIpc) is 2.75. The largest absolute Gasteiger partial charge is 0.345 e. The van der Waals surface area contributed by atoms with Crippen LogP contribution in [0.5, 0.6) is 0 Å². The molecule has 0 aliphatic carbocycles. The van der Waals surface area contributed by atoms with Crippen molar-refractivity contribution in [2.45, 2.75) is 20.4 Å². The maximum absolute atomic E-state index is 12.2. The Hall–Kier alpha value is -2.03. The van der Waals surface area contributed by atoms with Gasteiger partial charge in [-0.3, -0.25) is 4.79 Å². The van der Waals surface area contributed by atoms with Gasteiger partial charge in [-0.15, -0.1) is 0 Å². The zero-order valence-corrected chi connectivity index (χ0v) is 12.0. The van der Waals surface area contributed by atoms with E-state index >= 15 is 0 Å². The van der Waals surface area contributed by atoms with E-state index in [4.69, 9.17) is 0 Å². The van der Waals surface area contributed by atoms with Crippen molar-refractivity contribution in [2.75, 3.05) is 14.1 Å². The number of carbonyl (C=O) groups is 1. The highest BCUT2D eigenvalue weighted by molar-refractivity contribution is 5.96. The summed E-state index contributed by atoms with van der Waals surface area (Å²) >= 11 is 0. The van der Waals surface area contributed by atoms with Crippen LogP contribution in [0.25, 0.3) is 11.3 Å². The first-order chi connectivity index (χ1) is 9.06. The second kappa shape index (κ2) is 5.31. The van der Waals surface area contributed by atoms with E-state index in [2.05, 4.69) is 23.6 Å². The summed E-state index contributed by atoms with van der Waals surface area (Å²) in [5.74, 6) is 0.0573. The number of benzene rings is 1. The van der Waals surface area contributed by atoms with Crippen LogP contribution in [0.3, 0.4) is 0 Å². The van der Waals surface area contributed by atoms with Gasteiger partial charge >= 0.3 is 0 Å². The molecular weight excluding hydrogens is 236 g/mol. The molecule has 0 aliphatic heterocycles. The zero-order chi connectivity index (χ0) is 14.0. The molecule has 0 saturated carbocycles. The standard InChI is InChI=1S/C16H20N2O/c1-5-18-12(2)14(16(19)17(3)4)11-15(18)13-9-7-6-8-10-13/h6-11H,5H2,1-4H3. The second-order valence-electron chi connectivity index (χ2n) is 4.84. The lowest BCUT2D eigenvalue weighted by Crippen LogP contribution is -2.22. The summed E-state index contributed by atoms with van der Waals surface area (Å²) in [5, 5.41) is 0. The minimum Gasteiger partial charge on any atom is -0.345 e. The van der Waals surface area contributed by atoms with E-state index in [1.54, 1.807) is 19.0 Å². The number of amides is 1. The minimum absolute atomic E-state index is 0.0573. The number of hydrogen-bond donors (Lipinski definition) is 0. The van der Waals surface area contributed by atoms with Crippen molar-refractivity contribution in [2.24, 2.45) is 0 Å². The minimum atomic E-state index is 0.0573. The average molecular weight is 256 g/mol. The third-order valence-electron chi connectivity index (χ3n) is 3.39. The maximum atomic E-state index is 12.2. The Morgan fingerprint density at radius 1 is 1.21 bits per heavy atom. The van der Waals surface area contributed by atoms with E-state index in [1.165, 1.54) is 0 Å². The Kier molecular flexibility index (Phi) is 3.74. The van der Waals surface area contributed by atoms with E-state index in [0.29, 0.717) is 0 Å². The molecule has 3 heteroatoms. The Morgan fingerprint density at radius 2 is 1.84 bits per heavy atom. The van der Waals surface area contributed by atoms with Gasteiger partial charge in [-0.2, -0.15) is 0 Å². The van der Waals surface area contributed by atoms with Crippen molar-refractivity contribution in [1.29, 1.82) is 0 Å². The first-order valence-electron chi connectivity index (χ1n) is 6.53. The van der Waals surface area contributed by atoms with E-state index in [9.17, 15) is 4.79 Å². The first kappa shape index (κ1) is 13.4. The molecule has 2 rings (SSSR count). The predicted octanol–water partition coefficient (Wildman–Crippen LogP) is 3.19. The van der Waals surface area contributed by atoms with Gasteiger partial charge in [0.1, 0.15) is 0 Å². The van der Waals surface area contributed by atoms with Gasteiger partial charge in [0.05, 0.1) is 5.56 Å². The lowest BCUT2D eigenvalue weighted by atomic mass is 10.1. The number of aromatic nitrogens is 1. The molecule has 0 spiro atoms. The highest BCUT2D eigenvalue weighted by atomic mass is 16.2. The number of nitrogens with zero attached hydrogens (tertiary/aromatic N) is 2. The third-order valence-corrected chi connectivity index (χ3v) is 3.39. The van der Waals surface area contributed by atoms with Gasteiger partial charge in [-0.1, -0.05) is 30.3 Å². The Labute approximate surface area is 114 Å². The fourth-order valence-electron chi connectivity index (χ4n) is 2.36. The Bertz CT molecular complexity index is 582. The predicted molar refractivity (Wildman–Crippen MR) is 78.3 cm³/mol. The van der Waals surface area contributed by atoms with Crippen molar-refractivity contribution in [3.05, 3.63) is 47.7 Å². The van der Waals surface area contributed by atoms with Crippen LogP contribution in [0.15, 0.2) is 36.4 Å². The Morgan fingerprint density at radius 3 is 2.37 bits per heavy atom. The van der Waals surface area contributed by atoms with Crippen LogP contribution in [0, 0.1) is 6.92 Å². The maximum Gasteiger partial charge on any atom is 0.255 e. The molecule has 0 N–H and O–H groups in total. The third kappa shape index (κ3) is 2.41. The monoisotopic (exact) mass is 256 g/mol. The van der Waals surface area contributed by atoms with Crippen LogP contribution < -0.4 is 0 Å². The van der Waals surface area contributed by atoms with Crippen LogP contribution >= 0.6 is 0 Å². The highest BCUT2D eigenvalue weighted by Gasteiger charge is 2.18. The van der Waals surface area contributed by atoms with Crippen LogP contribution in [0.4, 0.5) is 0 Å². The summed E-state index contributed by atoms with van der Waals surface area (Å²) in [6.07, 6.45) is 0. The van der Waals surface area contributed by atoms with Gasteiger partial charge < -0.3 is 9.47 Å². The lowest BCUT2D eigenvalue weighted by molar-refractivity contribution is 0.0827. The lowest BCUT2D eigenvalue weighted by Gasteiger charge is -2.11. The SMILES string of the molecule is CCn1c(-c2ccccc2)cc(C(=O)N(C)C)c1C. The fourth-order valence-corrected chi connectivity index (χ4v) is 2.36. The summed E-state index contributed by atoms with van der Waals surface area (Å²) in [4.78, 5) is 13.8. The van der Waals surface area contributed by atoms with Gasteiger partial charge in [0.2, 0.25) is 0 Å². The quantitative estimate of drug-likeness (QED) is 0.828. The van der Waals surface area contributed by atoms with Crippen molar-refractivity contribution < 1.29 is 4.79 Å². The molecule has 2 aromatic rings. The molecule has 1 heterocycles. The van der Waals surface area contributed by atoms with Crippen molar-refractivity contribution >= 4 is 5.91 Å². The molecule has 0 atom stereocenters. The van der Waals surface area contributed by atoms with Crippen molar-refractivity contribution in [3.63, 3.8) is 0 Å². The van der Waals surface area contributed by atoms with Gasteiger partial charge in [0.25, 0.3) is 5.91 Å². The summed E-state index contributed by atoms with van der Waals surface area (Å²) in [6.45, 7) is 4.97. The van der Waals surface area contributed by atoms with Crippen LogP contribution in [0.2, 0.25) is 0 Å². The summed E-state index contributed by atoms with van der Waals surface area (Å²) in [5.41, 5.74) is 4.06. The van der Waals surface area contributed by atoms with E-state index in [-0.39, 0.29) is 5.91 Å². The molecule has 1 aromatic heterocycles. The molecule has 0 aliphatic rings. The van der Waals surface area contributed by atoms with Crippen LogP contribution in [-0.4, -0.2) is 29.5 Å². The van der Waals surface area contributed by atoms with Crippen molar-refractivity contribution in [1.82, 2.24) is 9.47 Å². The molecule has 100 valence electrons. The summed E-state index contributed by atoms with van der Waals surface area (Å²) in [6, 6.07) is 12.2. The fraction of sp³-hybridized carbons (Fsp3) is 0.312. The van der Waals surface area contributed by atoms with Crippen LogP contribution in [-0.2, 0) is 6.54 Å². The molecule has 1 aromatic carbocycles. The number of rotatable bonds is 3. The normalized spacial score (nSPS) is 10.5. The first-order valence-corrected chi connectivity index (χ1v) is 6.53. The summed E-state index contributed by atoms with van der Waals surface area (Å²) < 4.78 is 2.19. The molecular formula is C16H20N2O. The van der Waals surface area contributed by atoms with Gasteiger partial charge in [0.15, 0.2) is 0 Å². The Balaban J connectivity index is 2.57.